The van der Waals surface area contributed by atoms with Crippen LogP contribution in [-0.4, -0.2) is 51.9 Å². The zero-order chi connectivity index (χ0) is 16.4. The molecule has 1 aliphatic rings. The minimum absolute atomic E-state index is 0.0213. The molecule has 0 radical (unpaired) electrons. The van der Waals surface area contributed by atoms with Crippen molar-refractivity contribution in [1.82, 2.24) is 19.9 Å². The van der Waals surface area contributed by atoms with Gasteiger partial charge >= 0.3 is 0 Å². The highest BCUT2D eigenvalue weighted by molar-refractivity contribution is 7.13. The van der Waals surface area contributed by atoms with Gasteiger partial charge < -0.3 is 9.80 Å². The average molecular weight is 331 g/mol. The molecule has 2 aromatic rings. The van der Waals surface area contributed by atoms with Gasteiger partial charge in [0.15, 0.2) is 0 Å². The summed E-state index contributed by atoms with van der Waals surface area (Å²) in [6.45, 7) is 9.19. The number of nitrogens with zero attached hydrogens (tertiary/aromatic N) is 5. The van der Waals surface area contributed by atoms with Crippen molar-refractivity contribution >= 4 is 23.2 Å². The van der Waals surface area contributed by atoms with Gasteiger partial charge in [-0.2, -0.15) is 0 Å². The zero-order valence-electron chi connectivity index (χ0n) is 13.7. The molecule has 0 saturated carbocycles. The van der Waals surface area contributed by atoms with Crippen LogP contribution in [0.4, 0.5) is 5.95 Å². The van der Waals surface area contributed by atoms with E-state index >= 15 is 0 Å². The third-order valence-corrected chi connectivity index (χ3v) is 5.17. The molecule has 0 N–H and O–H groups in total. The Morgan fingerprint density at radius 1 is 1.09 bits per heavy atom. The maximum Gasteiger partial charge on any atom is 0.265 e. The predicted octanol–water partition coefficient (Wildman–Crippen LogP) is 2.19. The summed E-state index contributed by atoms with van der Waals surface area (Å²) in [7, 11) is 0. The van der Waals surface area contributed by atoms with Gasteiger partial charge in [-0.3, -0.25) is 4.79 Å². The van der Waals surface area contributed by atoms with Crippen molar-refractivity contribution in [1.29, 1.82) is 0 Å². The first-order chi connectivity index (χ1) is 10.9. The lowest BCUT2D eigenvalue weighted by atomic mass is 9.98. The SMILES string of the molecule is CC(C)(C)c1ncc(C(=O)N2CCN(c3ncccn3)CC2)s1. The lowest BCUT2D eigenvalue weighted by molar-refractivity contribution is 0.0751. The Morgan fingerprint density at radius 3 is 2.30 bits per heavy atom. The van der Waals surface area contributed by atoms with Gasteiger partial charge in [-0.15, -0.1) is 11.3 Å². The Labute approximate surface area is 140 Å². The monoisotopic (exact) mass is 331 g/mol. The van der Waals surface area contributed by atoms with E-state index in [4.69, 9.17) is 0 Å². The van der Waals surface area contributed by atoms with Crippen molar-refractivity contribution in [3.8, 4) is 0 Å². The third-order valence-electron chi connectivity index (χ3n) is 3.76. The van der Waals surface area contributed by atoms with Gasteiger partial charge in [0.2, 0.25) is 5.95 Å². The summed E-state index contributed by atoms with van der Waals surface area (Å²) >= 11 is 1.50. The van der Waals surface area contributed by atoms with E-state index in [0.29, 0.717) is 13.1 Å². The molecule has 1 aliphatic heterocycles. The quantitative estimate of drug-likeness (QED) is 0.844. The van der Waals surface area contributed by atoms with Gasteiger partial charge in [0.1, 0.15) is 4.88 Å². The Morgan fingerprint density at radius 2 is 1.74 bits per heavy atom. The summed E-state index contributed by atoms with van der Waals surface area (Å²) in [6, 6.07) is 1.81. The number of aromatic nitrogens is 3. The molecule has 1 amide bonds. The summed E-state index contributed by atoms with van der Waals surface area (Å²) < 4.78 is 0. The second-order valence-corrected chi connectivity index (χ2v) is 7.64. The first kappa shape index (κ1) is 15.9. The highest BCUT2D eigenvalue weighted by atomic mass is 32.1. The second kappa shape index (κ2) is 6.23. The number of hydrogen-bond acceptors (Lipinski definition) is 6. The smallest absolute Gasteiger partial charge is 0.265 e. The molecule has 0 aromatic carbocycles. The Balaban J connectivity index is 1.63. The van der Waals surface area contributed by atoms with Crippen molar-refractivity contribution in [3.63, 3.8) is 0 Å². The van der Waals surface area contributed by atoms with Crippen LogP contribution in [0, 0.1) is 0 Å². The topological polar surface area (TPSA) is 62.2 Å². The molecule has 7 heteroatoms. The van der Waals surface area contributed by atoms with E-state index < -0.39 is 0 Å². The molecular formula is C16H21N5OS. The minimum Gasteiger partial charge on any atom is -0.337 e. The van der Waals surface area contributed by atoms with Crippen LogP contribution in [-0.2, 0) is 5.41 Å². The van der Waals surface area contributed by atoms with E-state index in [1.54, 1.807) is 24.7 Å². The number of thiazole rings is 1. The van der Waals surface area contributed by atoms with E-state index in [9.17, 15) is 4.79 Å². The maximum atomic E-state index is 12.6. The average Bonchev–Trinajstić information content (AvgIpc) is 3.05. The zero-order valence-corrected chi connectivity index (χ0v) is 14.5. The molecule has 0 atom stereocenters. The van der Waals surface area contributed by atoms with Crippen molar-refractivity contribution in [3.05, 3.63) is 34.5 Å². The molecule has 0 aliphatic carbocycles. The van der Waals surface area contributed by atoms with Crippen molar-refractivity contribution in [2.75, 3.05) is 31.1 Å². The van der Waals surface area contributed by atoms with Crippen LogP contribution < -0.4 is 4.90 Å². The normalized spacial score (nSPS) is 15.8. The van der Waals surface area contributed by atoms with Crippen molar-refractivity contribution in [2.45, 2.75) is 26.2 Å². The highest BCUT2D eigenvalue weighted by Crippen LogP contribution is 2.27. The molecular weight excluding hydrogens is 310 g/mol. The Kier molecular flexibility index (Phi) is 4.30. The van der Waals surface area contributed by atoms with Gasteiger partial charge in [0.05, 0.1) is 11.2 Å². The summed E-state index contributed by atoms with van der Waals surface area (Å²) in [5.74, 6) is 0.805. The fraction of sp³-hybridized carbons (Fsp3) is 0.500. The standard InChI is InChI=1S/C16H21N5OS/c1-16(2,3)14-19-11-12(23-14)13(22)20-7-9-21(10-8-20)15-17-5-4-6-18-15/h4-6,11H,7-10H2,1-3H3. The third kappa shape index (κ3) is 3.50. The first-order valence-corrected chi connectivity index (χ1v) is 8.54. The van der Waals surface area contributed by atoms with Crippen LogP contribution in [0.15, 0.2) is 24.7 Å². The largest absolute Gasteiger partial charge is 0.337 e. The summed E-state index contributed by atoms with van der Waals surface area (Å²) in [6.07, 6.45) is 5.19. The van der Waals surface area contributed by atoms with Crippen LogP contribution in [0.1, 0.15) is 35.5 Å². The van der Waals surface area contributed by atoms with Gasteiger partial charge in [0.25, 0.3) is 5.91 Å². The van der Waals surface area contributed by atoms with Crippen LogP contribution in [0.25, 0.3) is 0 Å². The van der Waals surface area contributed by atoms with Gasteiger partial charge in [-0.1, -0.05) is 20.8 Å². The molecule has 23 heavy (non-hydrogen) atoms. The number of amides is 1. The molecule has 1 saturated heterocycles. The number of anilines is 1. The molecule has 6 nitrogen and oxygen atoms in total. The molecule has 1 fully saturated rings. The number of piperazine rings is 1. The van der Waals surface area contributed by atoms with Gasteiger partial charge in [-0.25, -0.2) is 15.0 Å². The Bertz CT molecular complexity index is 671. The molecule has 0 bridgehead atoms. The van der Waals surface area contributed by atoms with E-state index in [0.717, 1.165) is 28.9 Å². The van der Waals surface area contributed by atoms with Crippen molar-refractivity contribution < 1.29 is 4.79 Å². The fourth-order valence-corrected chi connectivity index (χ4v) is 3.38. The first-order valence-electron chi connectivity index (χ1n) is 7.73. The molecule has 0 unspecified atom stereocenters. The molecule has 122 valence electrons. The summed E-state index contributed by atoms with van der Waals surface area (Å²) in [4.78, 5) is 30.3. The van der Waals surface area contributed by atoms with E-state index in [1.165, 1.54) is 11.3 Å². The van der Waals surface area contributed by atoms with Gasteiger partial charge in [-0.05, 0) is 6.07 Å². The Hall–Kier alpha value is -2.02. The molecule has 2 aromatic heterocycles. The minimum atomic E-state index is -0.0213. The highest BCUT2D eigenvalue weighted by Gasteiger charge is 2.26. The number of hydrogen-bond donors (Lipinski definition) is 0. The predicted molar refractivity (Wildman–Crippen MR) is 91.0 cm³/mol. The molecule has 3 heterocycles. The van der Waals surface area contributed by atoms with Crippen LogP contribution in [0.3, 0.4) is 0 Å². The fourth-order valence-electron chi connectivity index (χ4n) is 2.44. The molecule has 3 rings (SSSR count). The summed E-state index contributed by atoms with van der Waals surface area (Å²) in [5, 5.41) is 0.997. The number of carbonyl (C=O) groups excluding carboxylic acids is 1. The molecule has 0 spiro atoms. The van der Waals surface area contributed by atoms with E-state index in [-0.39, 0.29) is 11.3 Å². The van der Waals surface area contributed by atoms with Crippen LogP contribution in [0.5, 0.6) is 0 Å². The van der Waals surface area contributed by atoms with Crippen LogP contribution in [0.2, 0.25) is 0 Å². The van der Waals surface area contributed by atoms with E-state index in [1.807, 2.05) is 4.90 Å². The van der Waals surface area contributed by atoms with E-state index in [2.05, 4.69) is 40.6 Å². The van der Waals surface area contributed by atoms with Crippen LogP contribution >= 0.6 is 11.3 Å². The lowest BCUT2D eigenvalue weighted by Crippen LogP contribution is -2.49. The van der Waals surface area contributed by atoms with Gasteiger partial charge in [0, 0.05) is 44.0 Å². The van der Waals surface area contributed by atoms with Crippen molar-refractivity contribution in [2.24, 2.45) is 0 Å². The second-order valence-electron chi connectivity index (χ2n) is 6.61. The summed E-state index contributed by atoms with van der Waals surface area (Å²) in [5.41, 5.74) is -0.0213. The maximum absolute atomic E-state index is 12.6. The number of rotatable bonds is 2. The number of carbonyl (C=O) groups is 1. The lowest BCUT2D eigenvalue weighted by Gasteiger charge is -2.34.